The van der Waals surface area contributed by atoms with Gasteiger partial charge >= 0.3 is 0 Å². The molecule has 2 heterocycles. The molecule has 0 amide bonds. The van der Waals surface area contributed by atoms with Crippen LogP contribution in [0, 0.1) is 6.92 Å². The smallest absolute Gasteiger partial charge is 0.205 e. The van der Waals surface area contributed by atoms with Crippen LogP contribution in [-0.4, -0.2) is 22.9 Å². The van der Waals surface area contributed by atoms with E-state index in [1.165, 1.54) is 11.3 Å². The standard InChI is InChI=1S/C21H16ClN3O2S/c1-11-16-17(23)19(18(26)12-3-7-14(22)8-4-12)28-21(16)25-20(24-11)13-5-9-15(27-2)10-6-13/h3-10H,23H2,1-2H3. The van der Waals surface area contributed by atoms with Gasteiger partial charge in [0.15, 0.2) is 5.82 Å². The summed E-state index contributed by atoms with van der Waals surface area (Å²) < 4.78 is 5.19. The average molecular weight is 410 g/mol. The third-order valence-corrected chi connectivity index (χ3v) is 5.78. The van der Waals surface area contributed by atoms with E-state index >= 15 is 0 Å². The molecule has 2 aromatic carbocycles. The molecule has 4 rings (SSSR count). The van der Waals surface area contributed by atoms with E-state index in [-0.39, 0.29) is 5.78 Å². The van der Waals surface area contributed by atoms with Crippen molar-refractivity contribution in [2.45, 2.75) is 6.92 Å². The minimum atomic E-state index is -0.150. The monoisotopic (exact) mass is 409 g/mol. The number of hydrogen-bond donors (Lipinski definition) is 1. The predicted octanol–water partition coefficient (Wildman–Crippen LogP) is 5.14. The van der Waals surface area contributed by atoms with Crippen molar-refractivity contribution in [3.05, 3.63) is 69.7 Å². The molecule has 0 atom stereocenters. The Balaban J connectivity index is 1.80. The zero-order chi connectivity index (χ0) is 19.8. The Bertz CT molecular complexity index is 1190. The van der Waals surface area contributed by atoms with E-state index in [1.807, 2.05) is 31.2 Å². The maximum Gasteiger partial charge on any atom is 0.205 e. The van der Waals surface area contributed by atoms with E-state index in [4.69, 9.17) is 22.1 Å². The molecular weight excluding hydrogens is 394 g/mol. The number of carbonyl (C=O) groups is 1. The van der Waals surface area contributed by atoms with E-state index in [0.29, 0.717) is 31.8 Å². The lowest BCUT2D eigenvalue weighted by molar-refractivity contribution is 0.104. The van der Waals surface area contributed by atoms with Crippen LogP contribution in [0.5, 0.6) is 5.75 Å². The molecule has 0 aliphatic rings. The molecule has 0 saturated heterocycles. The van der Waals surface area contributed by atoms with Crippen molar-refractivity contribution in [1.82, 2.24) is 9.97 Å². The number of nitrogens with zero attached hydrogens (tertiary/aromatic N) is 2. The molecule has 5 nitrogen and oxygen atoms in total. The third-order valence-electron chi connectivity index (χ3n) is 4.43. The number of hydrogen-bond acceptors (Lipinski definition) is 6. The van der Waals surface area contributed by atoms with Crippen LogP contribution >= 0.6 is 22.9 Å². The highest BCUT2D eigenvalue weighted by molar-refractivity contribution is 7.21. The Kier molecular flexibility index (Phi) is 4.75. The zero-order valence-corrected chi connectivity index (χ0v) is 16.8. The number of anilines is 1. The predicted molar refractivity (Wildman–Crippen MR) is 113 cm³/mol. The van der Waals surface area contributed by atoms with Crippen molar-refractivity contribution in [3.63, 3.8) is 0 Å². The van der Waals surface area contributed by atoms with E-state index < -0.39 is 0 Å². The maximum absolute atomic E-state index is 12.9. The number of aryl methyl sites for hydroxylation is 1. The van der Waals surface area contributed by atoms with Crippen LogP contribution in [0.15, 0.2) is 48.5 Å². The van der Waals surface area contributed by atoms with Crippen LogP contribution in [0.2, 0.25) is 5.02 Å². The molecule has 2 aromatic heterocycles. The summed E-state index contributed by atoms with van der Waals surface area (Å²) in [6.45, 7) is 1.87. The highest BCUT2D eigenvalue weighted by atomic mass is 35.5. The maximum atomic E-state index is 12.9. The van der Waals surface area contributed by atoms with Crippen molar-refractivity contribution in [3.8, 4) is 17.1 Å². The number of ether oxygens (including phenoxy) is 1. The summed E-state index contributed by atoms with van der Waals surface area (Å²) in [4.78, 5) is 23.3. The number of ketones is 1. The van der Waals surface area contributed by atoms with Gasteiger partial charge in [0.2, 0.25) is 5.78 Å². The molecule has 0 radical (unpaired) electrons. The second-order valence-electron chi connectivity index (χ2n) is 6.22. The molecule has 7 heteroatoms. The Labute approximate surface area is 170 Å². The first-order valence-electron chi connectivity index (χ1n) is 8.49. The first-order valence-corrected chi connectivity index (χ1v) is 9.68. The molecule has 0 spiro atoms. The molecule has 140 valence electrons. The highest BCUT2D eigenvalue weighted by Gasteiger charge is 2.21. The van der Waals surface area contributed by atoms with Gasteiger partial charge < -0.3 is 10.5 Å². The quantitative estimate of drug-likeness (QED) is 0.472. The number of nitrogen functional groups attached to an aromatic ring is 1. The molecule has 0 bridgehead atoms. The number of aromatic nitrogens is 2. The van der Waals surface area contributed by atoms with Crippen LogP contribution in [0.25, 0.3) is 21.6 Å². The van der Waals surface area contributed by atoms with Gasteiger partial charge in [-0.15, -0.1) is 11.3 Å². The molecule has 2 N–H and O–H groups in total. The number of benzene rings is 2. The third kappa shape index (κ3) is 3.21. The van der Waals surface area contributed by atoms with Gasteiger partial charge in [-0.3, -0.25) is 4.79 Å². The number of nitrogens with two attached hydrogens (primary N) is 1. The van der Waals surface area contributed by atoms with Gasteiger partial charge in [0.1, 0.15) is 15.5 Å². The number of fused-ring (bicyclic) bond motifs is 1. The first-order chi connectivity index (χ1) is 13.5. The van der Waals surface area contributed by atoms with Crippen molar-refractivity contribution in [2.24, 2.45) is 0 Å². The number of carbonyl (C=O) groups excluding carboxylic acids is 1. The SMILES string of the molecule is COc1ccc(-c2nc(C)c3c(N)c(C(=O)c4ccc(Cl)cc4)sc3n2)cc1. The topological polar surface area (TPSA) is 78.1 Å². The molecule has 0 unspecified atom stereocenters. The normalized spacial score (nSPS) is 11.0. The van der Waals surface area contributed by atoms with Crippen molar-refractivity contribution in [2.75, 3.05) is 12.8 Å². The molecule has 4 aromatic rings. The average Bonchev–Trinajstić information content (AvgIpc) is 3.05. The summed E-state index contributed by atoms with van der Waals surface area (Å²) in [6, 6.07) is 14.3. The lowest BCUT2D eigenvalue weighted by atomic mass is 10.1. The molecular formula is C21H16ClN3O2S. The summed E-state index contributed by atoms with van der Waals surface area (Å²) in [5.74, 6) is 1.19. The minimum Gasteiger partial charge on any atom is -0.497 e. The Morgan fingerprint density at radius 3 is 2.39 bits per heavy atom. The van der Waals surface area contributed by atoms with Crippen molar-refractivity contribution >= 4 is 44.6 Å². The lowest BCUT2D eigenvalue weighted by Gasteiger charge is -2.05. The molecule has 0 aliphatic carbocycles. The van der Waals surface area contributed by atoms with Gasteiger partial charge in [-0.1, -0.05) is 11.6 Å². The summed E-state index contributed by atoms with van der Waals surface area (Å²) in [5.41, 5.74) is 8.85. The summed E-state index contributed by atoms with van der Waals surface area (Å²) in [5, 5.41) is 1.30. The fourth-order valence-corrected chi connectivity index (χ4v) is 4.20. The van der Waals surface area contributed by atoms with E-state index in [1.54, 1.807) is 31.4 Å². The number of methoxy groups -OCH3 is 1. The van der Waals surface area contributed by atoms with Crippen LogP contribution < -0.4 is 10.5 Å². The summed E-state index contributed by atoms with van der Waals surface area (Å²) >= 11 is 7.19. The number of rotatable bonds is 4. The van der Waals surface area contributed by atoms with Gasteiger partial charge in [0, 0.05) is 16.1 Å². The minimum absolute atomic E-state index is 0.150. The van der Waals surface area contributed by atoms with Gasteiger partial charge in [-0.25, -0.2) is 9.97 Å². The summed E-state index contributed by atoms with van der Waals surface area (Å²) in [7, 11) is 1.62. The largest absolute Gasteiger partial charge is 0.497 e. The van der Waals surface area contributed by atoms with Crippen LogP contribution in [0.1, 0.15) is 20.9 Å². The number of thiophene rings is 1. The van der Waals surface area contributed by atoms with E-state index in [0.717, 1.165) is 22.4 Å². The zero-order valence-electron chi connectivity index (χ0n) is 15.2. The molecule has 0 saturated carbocycles. The Morgan fingerprint density at radius 2 is 1.75 bits per heavy atom. The van der Waals surface area contributed by atoms with Gasteiger partial charge in [0.05, 0.1) is 23.9 Å². The van der Waals surface area contributed by atoms with Crippen molar-refractivity contribution in [1.29, 1.82) is 0 Å². The van der Waals surface area contributed by atoms with E-state index in [9.17, 15) is 4.79 Å². The van der Waals surface area contributed by atoms with Crippen molar-refractivity contribution < 1.29 is 9.53 Å². The van der Waals surface area contributed by atoms with Gasteiger partial charge in [-0.2, -0.15) is 0 Å². The van der Waals surface area contributed by atoms with Crippen LogP contribution in [-0.2, 0) is 0 Å². The fourth-order valence-electron chi connectivity index (χ4n) is 2.97. The molecule has 28 heavy (non-hydrogen) atoms. The molecule has 0 aliphatic heterocycles. The van der Waals surface area contributed by atoms with Crippen LogP contribution in [0.3, 0.4) is 0 Å². The Hall–Kier alpha value is -2.96. The summed E-state index contributed by atoms with van der Waals surface area (Å²) in [6.07, 6.45) is 0. The molecule has 0 fully saturated rings. The highest BCUT2D eigenvalue weighted by Crippen LogP contribution is 2.36. The van der Waals surface area contributed by atoms with Gasteiger partial charge in [-0.05, 0) is 55.5 Å². The second kappa shape index (κ2) is 7.22. The second-order valence-corrected chi connectivity index (χ2v) is 7.66. The van der Waals surface area contributed by atoms with E-state index in [2.05, 4.69) is 9.97 Å². The Morgan fingerprint density at radius 1 is 1.07 bits per heavy atom. The van der Waals surface area contributed by atoms with Gasteiger partial charge in [0.25, 0.3) is 0 Å². The van der Waals surface area contributed by atoms with Crippen LogP contribution in [0.4, 0.5) is 5.69 Å². The first kappa shape index (κ1) is 18.4. The fraction of sp³-hybridized carbons (Fsp3) is 0.0952. The number of halogens is 1. The lowest BCUT2D eigenvalue weighted by Crippen LogP contribution is -2.02.